The molecule has 0 aromatic carbocycles. The van der Waals surface area contributed by atoms with E-state index in [0.29, 0.717) is 34.6 Å². The Morgan fingerprint density at radius 3 is 2.69 bits per heavy atom. The Balaban J connectivity index is 1.49. The molecular weight excluding hydrogens is 404 g/mol. The van der Waals surface area contributed by atoms with E-state index in [4.69, 9.17) is 4.98 Å². The highest BCUT2D eigenvalue weighted by Gasteiger charge is 2.25. The van der Waals surface area contributed by atoms with Crippen LogP contribution in [0.15, 0.2) is 36.9 Å². The maximum Gasteiger partial charge on any atom is 0.260 e. The number of piperazine rings is 1. The van der Waals surface area contributed by atoms with Crippen molar-refractivity contribution in [2.45, 2.75) is 39.8 Å². The number of nitrogens with one attached hydrogen (secondary N) is 2. The molecule has 4 aromatic rings. The molecule has 0 bridgehead atoms. The van der Waals surface area contributed by atoms with Crippen LogP contribution in [0, 0.1) is 13.8 Å². The molecule has 0 aliphatic carbocycles. The van der Waals surface area contributed by atoms with E-state index >= 15 is 0 Å². The predicted molar refractivity (Wildman–Crippen MR) is 124 cm³/mol. The fraction of sp³-hybridized carbons (Fsp3) is 0.348. The molecule has 1 saturated heterocycles. The zero-order valence-corrected chi connectivity index (χ0v) is 18.6. The van der Waals surface area contributed by atoms with Gasteiger partial charge in [-0.15, -0.1) is 0 Å². The molecule has 164 valence electrons. The van der Waals surface area contributed by atoms with Gasteiger partial charge in [0, 0.05) is 49.1 Å². The molecule has 5 rings (SSSR count). The summed E-state index contributed by atoms with van der Waals surface area (Å²) < 4.78 is 1.87. The van der Waals surface area contributed by atoms with Gasteiger partial charge in [0.05, 0.1) is 28.7 Å². The number of amides is 1. The van der Waals surface area contributed by atoms with Crippen LogP contribution < -0.4 is 15.5 Å². The maximum absolute atomic E-state index is 13.2. The number of carbonyl (C=O) groups is 1. The van der Waals surface area contributed by atoms with Crippen LogP contribution in [0.1, 0.15) is 35.6 Å². The van der Waals surface area contributed by atoms with Crippen molar-refractivity contribution in [1.82, 2.24) is 29.7 Å². The number of imidazole rings is 1. The fourth-order valence-corrected chi connectivity index (χ4v) is 4.52. The van der Waals surface area contributed by atoms with E-state index in [1.54, 1.807) is 18.6 Å². The van der Waals surface area contributed by atoms with Crippen LogP contribution in [0.25, 0.3) is 16.6 Å². The van der Waals surface area contributed by atoms with E-state index in [1.807, 2.05) is 36.6 Å². The third kappa shape index (κ3) is 3.64. The molecule has 0 unspecified atom stereocenters. The van der Waals surface area contributed by atoms with Gasteiger partial charge in [-0.3, -0.25) is 14.8 Å². The molecule has 0 spiro atoms. The number of pyridine rings is 2. The highest BCUT2D eigenvalue weighted by atomic mass is 16.1. The van der Waals surface area contributed by atoms with Gasteiger partial charge in [-0.05, 0) is 39.8 Å². The summed E-state index contributed by atoms with van der Waals surface area (Å²) in [6.45, 7) is 9.85. The molecule has 1 fully saturated rings. The summed E-state index contributed by atoms with van der Waals surface area (Å²) in [5, 5.41) is 7.30. The van der Waals surface area contributed by atoms with Gasteiger partial charge in [-0.25, -0.2) is 9.97 Å². The molecule has 32 heavy (non-hydrogen) atoms. The second kappa shape index (κ2) is 7.83. The Morgan fingerprint density at radius 2 is 1.91 bits per heavy atom. The van der Waals surface area contributed by atoms with Crippen LogP contribution in [-0.4, -0.2) is 55.4 Å². The summed E-state index contributed by atoms with van der Waals surface area (Å²) in [5.41, 5.74) is 3.46. The average molecular weight is 431 g/mol. The molecule has 9 nitrogen and oxygen atoms in total. The minimum Gasteiger partial charge on any atom is -0.353 e. The zero-order valence-electron chi connectivity index (χ0n) is 18.6. The first-order valence-electron chi connectivity index (χ1n) is 10.8. The highest BCUT2D eigenvalue weighted by Crippen LogP contribution is 2.27. The van der Waals surface area contributed by atoms with Crippen LogP contribution in [-0.2, 0) is 0 Å². The number of rotatable bonds is 3. The Hall–Kier alpha value is -3.59. The van der Waals surface area contributed by atoms with E-state index in [-0.39, 0.29) is 5.91 Å². The second-order valence-electron chi connectivity index (χ2n) is 8.55. The molecule has 2 N–H and O–H groups in total. The molecule has 9 heteroatoms. The van der Waals surface area contributed by atoms with Gasteiger partial charge in [0.15, 0.2) is 11.5 Å². The van der Waals surface area contributed by atoms with E-state index in [2.05, 4.69) is 44.3 Å². The molecular formula is C23H26N8O. The molecule has 1 aliphatic rings. The number of carbonyl (C=O) groups excluding carboxylic acids is 1. The summed E-state index contributed by atoms with van der Waals surface area (Å²) in [6, 6.07) is 4.56. The summed E-state index contributed by atoms with van der Waals surface area (Å²) in [7, 11) is 0. The second-order valence-corrected chi connectivity index (χ2v) is 8.55. The zero-order chi connectivity index (χ0) is 22.4. The van der Waals surface area contributed by atoms with Gasteiger partial charge in [0.25, 0.3) is 5.91 Å². The topological polar surface area (TPSA) is 100 Å². The smallest absolute Gasteiger partial charge is 0.260 e. The van der Waals surface area contributed by atoms with E-state index in [9.17, 15) is 4.79 Å². The SMILES string of the molecule is Cc1cn2cc(NC(=O)c3cnc(N4C[C@@H](C)N[C@H](C)C4)c4cccnc34)nc2c(C)n1. The lowest BCUT2D eigenvalue weighted by atomic mass is 10.1. The number of hydrogen-bond acceptors (Lipinski definition) is 7. The van der Waals surface area contributed by atoms with Crippen LogP contribution in [0.2, 0.25) is 0 Å². The molecule has 2 atom stereocenters. The van der Waals surface area contributed by atoms with Gasteiger partial charge in [0.1, 0.15) is 5.82 Å². The third-order valence-electron chi connectivity index (χ3n) is 5.69. The molecule has 1 aliphatic heterocycles. The van der Waals surface area contributed by atoms with Gasteiger partial charge in [0.2, 0.25) is 0 Å². The number of hydrogen-bond donors (Lipinski definition) is 2. The van der Waals surface area contributed by atoms with Crippen LogP contribution in [0.5, 0.6) is 0 Å². The van der Waals surface area contributed by atoms with Crippen molar-refractivity contribution in [2.75, 3.05) is 23.3 Å². The highest BCUT2D eigenvalue weighted by molar-refractivity contribution is 6.12. The van der Waals surface area contributed by atoms with Gasteiger partial charge >= 0.3 is 0 Å². The summed E-state index contributed by atoms with van der Waals surface area (Å²) in [5.74, 6) is 1.03. The van der Waals surface area contributed by atoms with Crippen molar-refractivity contribution in [3.05, 3.63) is 53.9 Å². The molecule has 5 heterocycles. The molecule has 0 saturated carbocycles. The van der Waals surface area contributed by atoms with Crippen molar-refractivity contribution in [3.8, 4) is 0 Å². The van der Waals surface area contributed by atoms with E-state index in [1.165, 1.54) is 0 Å². The largest absolute Gasteiger partial charge is 0.353 e. The van der Waals surface area contributed by atoms with E-state index in [0.717, 1.165) is 35.7 Å². The maximum atomic E-state index is 13.2. The summed E-state index contributed by atoms with van der Waals surface area (Å²) >= 11 is 0. The summed E-state index contributed by atoms with van der Waals surface area (Å²) in [6.07, 6.45) is 6.99. The van der Waals surface area contributed by atoms with Crippen LogP contribution in [0.4, 0.5) is 11.6 Å². The standard InChI is InChI=1S/C23H26N8O/c1-13-9-30(10-14(2)26-13)22-17-6-5-7-24-20(17)18(8-25-22)23(32)29-19-12-31-11-15(3)27-16(4)21(31)28-19/h5-8,11-14,26H,9-10H2,1-4H3,(H,29,32)/t13-,14-/m1/s1. The number of nitrogens with zero attached hydrogens (tertiary/aromatic N) is 6. The Bertz CT molecular complexity index is 1320. The lowest BCUT2D eigenvalue weighted by Crippen LogP contribution is -2.54. The lowest BCUT2D eigenvalue weighted by Gasteiger charge is -2.37. The van der Waals surface area contributed by atoms with Crippen molar-refractivity contribution < 1.29 is 4.79 Å². The number of anilines is 2. The Labute approximate surface area is 185 Å². The number of aromatic nitrogens is 5. The van der Waals surface area contributed by atoms with Gasteiger partial charge < -0.3 is 19.9 Å². The van der Waals surface area contributed by atoms with Crippen molar-refractivity contribution >= 4 is 34.1 Å². The van der Waals surface area contributed by atoms with Crippen molar-refractivity contribution in [2.24, 2.45) is 0 Å². The minimum absolute atomic E-state index is 0.291. The number of aryl methyl sites for hydroxylation is 2. The first kappa shape index (κ1) is 20.3. The van der Waals surface area contributed by atoms with Crippen molar-refractivity contribution in [3.63, 3.8) is 0 Å². The van der Waals surface area contributed by atoms with Gasteiger partial charge in [-0.1, -0.05) is 0 Å². The lowest BCUT2D eigenvalue weighted by molar-refractivity contribution is 0.102. The quantitative estimate of drug-likeness (QED) is 0.515. The average Bonchev–Trinajstić information content (AvgIpc) is 3.14. The summed E-state index contributed by atoms with van der Waals surface area (Å²) in [4.78, 5) is 33.6. The van der Waals surface area contributed by atoms with Crippen LogP contribution in [0.3, 0.4) is 0 Å². The van der Waals surface area contributed by atoms with E-state index < -0.39 is 0 Å². The fourth-order valence-electron chi connectivity index (χ4n) is 4.52. The van der Waals surface area contributed by atoms with Gasteiger partial charge in [-0.2, -0.15) is 0 Å². The number of fused-ring (bicyclic) bond motifs is 2. The predicted octanol–water partition coefficient (Wildman–Crippen LogP) is 2.73. The first-order valence-corrected chi connectivity index (χ1v) is 10.8. The van der Waals surface area contributed by atoms with Crippen molar-refractivity contribution in [1.29, 1.82) is 0 Å². The minimum atomic E-state index is -0.291. The first-order chi connectivity index (χ1) is 15.4. The third-order valence-corrected chi connectivity index (χ3v) is 5.69. The monoisotopic (exact) mass is 430 g/mol. The Kier molecular flexibility index (Phi) is 4.97. The molecule has 1 amide bonds. The Morgan fingerprint density at radius 1 is 1.12 bits per heavy atom. The molecule has 4 aromatic heterocycles. The molecule has 0 radical (unpaired) electrons. The normalized spacial score (nSPS) is 18.9. The van der Waals surface area contributed by atoms with Crippen LogP contribution >= 0.6 is 0 Å².